The number of aromatic nitrogens is 4. The lowest BCUT2D eigenvalue weighted by molar-refractivity contribution is 1.15. The fourth-order valence-corrected chi connectivity index (χ4v) is 13.1. The molecule has 0 aliphatic heterocycles. The van der Waals surface area contributed by atoms with Crippen LogP contribution in [0.25, 0.3) is 145 Å². The van der Waals surface area contributed by atoms with Gasteiger partial charge in [-0.1, -0.05) is 140 Å². The number of nitriles is 8. The van der Waals surface area contributed by atoms with E-state index in [-0.39, 0.29) is 0 Å². The lowest BCUT2D eigenvalue weighted by Gasteiger charge is -2.20. The Morgan fingerprint density at radius 3 is 0.896 bits per heavy atom. The Bertz CT molecular complexity index is 5870. The monoisotopic (exact) mass is 1220 g/mol. The Morgan fingerprint density at radius 2 is 0.542 bits per heavy atom. The standard InChI is InChI=1S/C84H42N12/c85-43-51-15-24-66(62(33-51)47-89)57-20-29-79-72(37-57)73-38-58(67-25-16-52(44-86)34-63(67)48-90)21-30-80(73)95(79)78-14-8-7-13-70(78)71-28-19-61(84-93-76(55-9-3-1-4-10-55)42-77(94-84)56-11-5-2-6-12-56)41-83(71)96-81-31-22-59(68-26-17-53(45-87)35-64(68)49-91)39-74(81)75-40-60(23-32-82(75)96)69-27-18-54(46-88)36-65(69)50-92/h1-42H. The minimum absolute atomic E-state index is 0.341. The molecule has 3 heterocycles. The lowest BCUT2D eigenvalue weighted by Crippen LogP contribution is -2.03. The van der Waals surface area contributed by atoms with E-state index in [0.29, 0.717) is 78.1 Å². The van der Waals surface area contributed by atoms with Crippen molar-refractivity contribution in [2.75, 3.05) is 0 Å². The summed E-state index contributed by atoms with van der Waals surface area (Å²) in [6, 6.07) is 99.3. The Labute approximate surface area is 550 Å². The molecular formula is C84H42N12. The van der Waals surface area contributed by atoms with Crippen LogP contribution in [0, 0.1) is 90.6 Å². The normalized spacial score (nSPS) is 10.8. The molecule has 0 bridgehead atoms. The average Bonchev–Trinajstić information content (AvgIpc) is 1.56. The van der Waals surface area contributed by atoms with Crippen molar-refractivity contribution < 1.29 is 0 Å². The van der Waals surface area contributed by atoms with Crippen molar-refractivity contribution in [1.29, 1.82) is 42.1 Å². The van der Waals surface area contributed by atoms with Gasteiger partial charge in [0.25, 0.3) is 0 Å². The van der Waals surface area contributed by atoms with Crippen LogP contribution in [0.5, 0.6) is 0 Å². The fraction of sp³-hybridized carbons (Fsp3) is 0. The number of nitrogens with zero attached hydrogens (tertiary/aromatic N) is 12. The summed E-state index contributed by atoms with van der Waals surface area (Å²) in [4.78, 5) is 10.7. The van der Waals surface area contributed by atoms with Crippen LogP contribution in [0.15, 0.2) is 255 Å². The molecule has 438 valence electrons. The molecule has 15 aromatic rings. The molecule has 0 aliphatic rings. The summed E-state index contributed by atoms with van der Waals surface area (Å²) in [6.45, 7) is 0. The largest absolute Gasteiger partial charge is 0.309 e. The van der Waals surface area contributed by atoms with Gasteiger partial charge in [0.2, 0.25) is 0 Å². The first-order valence-electron chi connectivity index (χ1n) is 30.4. The predicted octanol–water partition coefficient (Wildman–Crippen LogP) is 19.0. The van der Waals surface area contributed by atoms with Gasteiger partial charge in [-0.2, -0.15) is 42.1 Å². The first kappa shape index (κ1) is 57.7. The number of para-hydroxylation sites is 1. The zero-order valence-corrected chi connectivity index (χ0v) is 50.6. The molecule has 15 rings (SSSR count). The Kier molecular flexibility index (Phi) is 14.3. The van der Waals surface area contributed by atoms with Gasteiger partial charge in [-0.05, 0) is 160 Å². The number of benzene rings is 12. The summed E-state index contributed by atoms with van der Waals surface area (Å²) in [5.41, 5.74) is 18.9. The maximum absolute atomic E-state index is 10.5. The molecule has 0 atom stereocenters. The van der Waals surface area contributed by atoms with Gasteiger partial charge in [0, 0.05) is 49.4 Å². The molecule has 0 unspecified atom stereocenters. The highest BCUT2D eigenvalue weighted by molar-refractivity contribution is 6.14. The molecule has 0 N–H and O–H groups in total. The van der Waals surface area contributed by atoms with E-state index in [2.05, 4.69) is 112 Å². The SMILES string of the molecule is N#Cc1ccc(-c2ccc3c(c2)c2cc(-c4ccc(C#N)cc4C#N)ccc2n3-c2ccccc2-c2ccc(-c3nc(-c4ccccc4)cc(-c4ccccc4)n3)cc2-n2c3ccc(-c4ccc(C#N)cc4C#N)cc3c3cc(-c4ccc(C#N)cc4C#N)ccc32)c(C#N)c1. The summed E-state index contributed by atoms with van der Waals surface area (Å²) >= 11 is 0. The zero-order valence-electron chi connectivity index (χ0n) is 50.6. The van der Waals surface area contributed by atoms with Gasteiger partial charge in [-0.25, -0.2) is 9.97 Å². The summed E-state index contributed by atoms with van der Waals surface area (Å²) < 4.78 is 4.47. The van der Waals surface area contributed by atoms with E-state index in [1.807, 2.05) is 127 Å². The summed E-state index contributed by atoms with van der Waals surface area (Å²) in [7, 11) is 0. The molecule has 12 nitrogen and oxygen atoms in total. The van der Waals surface area contributed by atoms with E-state index in [1.165, 1.54) is 0 Å². The molecule has 0 aliphatic carbocycles. The lowest BCUT2D eigenvalue weighted by atomic mass is 9.95. The molecule has 12 aromatic carbocycles. The van der Waals surface area contributed by atoms with Crippen molar-refractivity contribution >= 4 is 43.6 Å². The Balaban J connectivity index is 1.03. The minimum atomic E-state index is 0.341. The van der Waals surface area contributed by atoms with Gasteiger partial charge >= 0.3 is 0 Å². The molecule has 0 spiro atoms. The molecule has 12 heteroatoms. The quantitative estimate of drug-likeness (QED) is 0.126. The van der Waals surface area contributed by atoms with E-state index >= 15 is 0 Å². The van der Waals surface area contributed by atoms with Crippen molar-refractivity contribution in [3.05, 3.63) is 299 Å². The second-order valence-electron chi connectivity index (χ2n) is 23.0. The van der Waals surface area contributed by atoms with Crippen molar-refractivity contribution in [3.8, 4) is 149 Å². The zero-order chi connectivity index (χ0) is 65.6. The number of fused-ring (bicyclic) bond motifs is 6. The molecule has 0 amide bonds. The van der Waals surface area contributed by atoms with Gasteiger partial charge < -0.3 is 9.13 Å². The van der Waals surface area contributed by atoms with Crippen LogP contribution in [-0.4, -0.2) is 19.1 Å². The number of hydrogen-bond acceptors (Lipinski definition) is 10. The number of hydrogen-bond donors (Lipinski definition) is 0. The molecule has 0 saturated heterocycles. The maximum atomic E-state index is 10.5. The van der Waals surface area contributed by atoms with E-state index in [1.54, 1.807) is 72.8 Å². The third kappa shape index (κ3) is 9.91. The Hall–Kier alpha value is -14.8. The third-order valence-electron chi connectivity index (χ3n) is 17.6. The van der Waals surface area contributed by atoms with Crippen molar-refractivity contribution in [2.24, 2.45) is 0 Å². The van der Waals surface area contributed by atoms with Crippen LogP contribution >= 0.6 is 0 Å². The summed E-state index contributed by atoms with van der Waals surface area (Å²) in [5.74, 6) is 0.481. The van der Waals surface area contributed by atoms with Gasteiger partial charge in [0.1, 0.15) is 0 Å². The maximum Gasteiger partial charge on any atom is 0.160 e. The Morgan fingerprint density at radius 1 is 0.229 bits per heavy atom. The second kappa shape index (κ2) is 23.9. The smallest absolute Gasteiger partial charge is 0.160 e. The fourth-order valence-electron chi connectivity index (χ4n) is 13.1. The molecule has 96 heavy (non-hydrogen) atoms. The minimum Gasteiger partial charge on any atom is -0.309 e. The molecule has 0 saturated carbocycles. The van der Waals surface area contributed by atoms with Crippen molar-refractivity contribution in [2.45, 2.75) is 0 Å². The van der Waals surface area contributed by atoms with Crippen LogP contribution in [0.2, 0.25) is 0 Å². The predicted molar refractivity (Wildman–Crippen MR) is 372 cm³/mol. The second-order valence-corrected chi connectivity index (χ2v) is 23.0. The van der Waals surface area contributed by atoms with Crippen LogP contribution in [0.3, 0.4) is 0 Å². The van der Waals surface area contributed by atoms with Crippen molar-refractivity contribution in [1.82, 2.24) is 19.1 Å². The van der Waals surface area contributed by atoms with E-state index in [4.69, 9.17) is 9.97 Å². The van der Waals surface area contributed by atoms with Crippen LogP contribution in [0.1, 0.15) is 44.5 Å². The first-order chi connectivity index (χ1) is 47.2. The summed E-state index contributed by atoms with van der Waals surface area (Å²) in [6.07, 6.45) is 0. The van der Waals surface area contributed by atoms with Crippen LogP contribution < -0.4 is 0 Å². The topological polar surface area (TPSA) is 226 Å². The van der Waals surface area contributed by atoms with Gasteiger partial charge in [-0.3, -0.25) is 0 Å². The molecular weight excluding hydrogens is 1180 g/mol. The molecule has 3 aromatic heterocycles. The highest BCUT2D eigenvalue weighted by Crippen LogP contribution is 2.46. The van der Waals surface area contributed by atoms with Gasteiger partial charge in [-0.15, -0.1) is 0 Å². The molecule has 0 radical (unpaired) electrons. The first-order valence-corrected chi connectivity index (χ1v) is 30.4. The van der Waals surface area contributed by atoms with Gasteiger partial charge in [0.15, 0.2) is 5.82 Å². The number of rotatable bonds is 10. The van der Waals surface area contributed by atoms with E-state index in [0.717, 1.165) is 111 Å². The highest BCUT2D eigenvalue weighted by atomic mass is 15.0. The third-order valence-corrected chi connectivity index (χ3v) is 17.6. The van der Waals surface area contributed by atoms with E-state index in [9.17, 15) is 42.1 Å². The van der Waals surface area contributed by atoms with Gasteiger partial charge in [0.05, 0.1) is 138 Å². The van der Waals surface area contributed by atoms with E-state index < -0.39 is 0 Å². The highest BCUT2D eigenvalue weighted by Gasteiger charge is 2.25. The van der Waals surface area contributed by atoms with Crippen LogP contribution in [-0.2, 0) is 0 Å². The average molecular weight is 1220 g/mol. The van der Waals surface area contributed by atoms with Crippen molar-refractivity contribution in [3.63, 3.8) is 0 Å². The summed E-state index contributed by atoms with van der Waals surface area (Å²) in [5, 5.41) is 84.8. The van der Waals surface area contributed by atoms with Crippen LogP contribution in [0.4, 0.5) is 0 Å². The molecule has 0 fully saturated rings.